The van der Waals surface area contributed by atoms with Gasteiger partial charge in [-0.1, -0.05) is 26.3 Å². The van der Waals surface area contributed by atoms with E-state index in [0.717, 1.165) is 49.4 Å². The van der Waals surface area contributed by atoms with Crippen molar-refractivity contribution in [1.82, 2.24) is 0 Å². The highest BCUT2D eigenvalue weighted by Gasteiger charge is 2.36. The molecule has 0 aromatic heterocycles. The molecule has 0 aromatic carbocycles. The first kappa shape index (κ1) is 21.0. The molecule has 0 aromatic rings. The fraction of sp³-hybridized carbons (Fsp3) is 0.714. The molecule has 5 heteroatoms. The number of unbranched alkanes of at least 4 members (excludes halogenated alkanes) is 2. The topological polar surface area (TPSA) is 73.9 Å². The quantitative estimate of drug-likeness (QED) is 0.612. The zero-order valence-corrected chi connectivity index (χ0v) is 16.3. The molecule has 1 saturated carbocycles. The van der Waals surface area contributed by atoms with Crippen LogP contribution in [0.3, 0.4) is 0 Å². The van der Waals surface area contributed by atoms with E-state index in [1.807, 2.05) is 19.1 Å². The summed E-state index contributed by atoms with van der Waals surface area (Å²) in [6.07, 6.45) is 9.79. The smallest absolute Gasteiger partial charge is 0.161 e. The monoisotopic (exact) mass is 365 g/mol. The van der Waals surface area contributed by atoms with Gasteiger partial charge in [0.15, 0.2) is 17.6 Å². The molecule has 1 saturated heterocycles. The second kappa shape index (κ2) is 10.1. The van der Waals surface area contributed by atoms with Gasteiger partial charge in [0, 0.05) is 12.1 Å². The first-order chi connectivity index (χ1) is 12.5. The molecule has 0 spiro atoms. The van der Waals surface area contributed by atoms with Crippen LogP contribution in [0.5, 0.6) is 0 Å². The van der Waals surface area contributed by atoms with E-state index in [-0.39, 0.29) is 18.6 Å². The molecule has 1 aliphatic carbocycles. The zero-order chi connectivity index (χ0) is 19.0. The Bertz CT molecular complexity index is 528. The summed E-state index contributed by atoms with van der Waals surface area (Å²) in [4.78, 5) is 0. The van der Waals surface area contributed by atoms with Crippen molar-refractivity contribution in [3.63, 3.8) is 0 Å². The minimum atomic E-state index is -0.473. The van der Waals surface area contributed by atoms with Gasteiger partial charge >= 0.3 is 0 Å². The van der Waals surface area contributed by atoms with Crippen LogP contribution in [0.1, 0.15) is 52.4 Å². The van der Waals surface area contributed by atoms with E-state index in [1.165, 1.54) is 12.8 Å². The highest BCUT2D eigenvalue weighted by atomic mass is 16.6. The highest BCUT2D eigenvalue weighted by Crippen LogP contribution is 2.37. The molecule has 0 radical (unpaired) electrons. The third-order valence-electron chi connectivity index (χ3n) is 5.22. The second-order valence-electron chi connectivity index (χ2n) is 7.53. The standard InChI is InChI=1S/C21H35NO4/c1-4-6-7-10-24-13-18-14-25-20(19(5-2)26-18)11-16(3)17-8-9-21(22,12-17)15-23/h5,11,17-18,23H,3-4,6-10,12-15,22H2,1-2H3/b19-5+,20-11+/t17-,18+,21+/m0/s1. The SMILES string of the molecule is C=C(/C=C1/OC[C@@H](COCCCCC)O/C1=C/C)[C@H]1CC[C@](N)(CO)C1. The first-order valence-electron chi connectivity index (χ1n) is 9.85. The molecule has 3 N–H and O–H groups in total. The van der Waals surface area contributed by atoms with Crippen molar-refractivity contribution in [1.29, 1.82) is 0 Å². The third-order valence-corrected chi connectivity index (χ3v) is 5.22. The molecule has 1 aliphatic heterocycles. The summed E-state index contributed by atoms with van der Waals surface area (Å²) in [5, 5.41) is 9.44. The maximum atomic E-state index is 9.44. The Morgan fingerprint density at radius 3 is 2.88 bits per heavy atom. The van der Waals surface area contributed by atoms with Gasteiger partial charge in [-0.2, -0.15) is 0 Å². The van der Waals surface area contributed by atoms with Gasteiger partial charge < -0.3 is 25.1 Å². The first-order valence-corrected chi connectivity index (χ1v) is 9.85. The molecular weight excluding hydrogens is 330 g/mol. The molecule has 3 atom stereocenters. The lowest BCUT2D eigenvalue weighted by Crippen LogP contribution is -2.40. The second-order valence-corrected chi connectivity index (χ2v) is 7.53. The van der Waals surface area contributed by atoms with Crippen LogP contribution in [0.2, 0.25) is 0 Å². The fourth-order valence-electron chi connectivity index (χ4n) is 3.50. The van der Waals surface area contributed by atoms with E-state index >= 15 is 0 Å². The minimum absolute atomic E-state index is 0.0208. The summed E-state index contributed by atoms with van der Waals surface area (Å²) in [7, 11) is 0. The van der Waals surface area contributed by atoms with Gasteiger partial charge in [-0.15, -0.1) is 0 Å². The summed E-state index contributed by atoms with van der Waals surface area (Å²) in [6.45, 7) is 10.1. The highest BCUT2D eigenvalue weighted by molar-refractivity contribution is 5.32. The Kier molecular flexibility index (Phi) is 8.19. The van der Waals surface area contributed by atoms with Gasteiger partial charge in [-0.3, -0.25) is 0 Å². The van der Waals surface area contributed by atoms with Crippen LogP contribution >= 0.6 is 0 Å². The Morgan fingerprint density at radius 2 is 2.23 bits per heavy atom. The maximum Gasteiger partial charge on any atom is 0.161 e. The zero-order valence-electron chi connectivity index (χ0n) is 16.3. The van der Waals surface area contributed by atoms with Gasteiger partial charge in [-0.25, -0.2) is 0 Å². The lowest BCUT2D eigenvalue weighted by Gasteiger charge is -2.29. The normalized spacial score (nSPS) is 31.8. The van der Waals surface area contributed by atoms with E-state index in [1.54, 1.807) is 0 Å². The molecule has 0 amide bonds. The van der Waals surface area contributed by atoms with Crippen molar-refractivity contribution in [2.45, 2.75) is 64.0 Å². The van der Waals surface area contributed by atoms with E-state index in [0.29, 0.717) is 13.2 Å². The number of nitrogens with two attached hydrogens (primary N) is 1. The number of aliphatic hydroxyl groups is 1. The molecule has 26 heavy (non-hydrogen) atoms. The van der Waals surface area contributed by atoms with Crippen LogP contribution in [-0.2, 0) is 14.2 Å². The van der Waals surface area contributed by atoms with Gasteiger partial charge in [0.2, 0.25) is 0 Å². The summed E-state index contributed by atoms with van der Waals surface area (Å²) >= 11 is 0. The summed E-state index contributed by atoms with van der Waals surface area (Å²) in [6, 6.07) is 0. The molecule has 2 fully saturated rings. The number of rotatable bonds is 9. The summed E-state index contributed by atoms with van der Waals surface area (Å²) < 4.78 is 17.6. The van der Waals surface area contributed by atoms with Gasteiger partial charge in [0.25, 0.3) is 0 Å². The molecule has 2 rings (SSSR count). The maximum absolute atomic E-state index is 9.44. The lowest BCUT2D eigenvalue weighted by atomic mass is 9.94. The van der Waals surface area contributed by atoms with Crippen molar-refractivity contribution in [3.05, 3.63) is 35.8 Å². The van der Waals surface area contributed by atoms with Crippen molar-refractivity contribution in [2.75, 3.05) is 26.4 Å². The van der Waals surface area contributed by atoms with E-state index in [2.05, 4.69) is 13.5 Å². The van der Waals surface area contributed by atoms with Crippen molar-refractivity contribution in [2.24, 2.45) is 11.7 Å². The van der Waals surface area contributed by atoms with Crippen molar-refractivity contribution < 1.29 is 19.3 Å². The molecule has 0 bridgehead atoms. The van der Waals surface area contributed by atoms with Gasteiger partial charge in [0.1, 0.15) is 6.61 Å². The fourth-order valence-corrected chi connectivity index (χ4v) is 3.50. The van der Waals surface area contributed by atoms with Crippen LogP contribution < -0.4 is 5.73 Å². The van der Waals surface area contributed by atoms with Crippen LogP contribution in [0.4, 0.5) is 0 Å². The van der Waals surface area contributed by atoms with E-state index < -0.39 is 5.54 Å². The van der Waals surface area contributed by atoms with E-state index in [4.69, 9.17) is 19.9 Å². The Hall–Kier alpha value is -1.30. The van der Waals surface area contributed by atoms with Gasteiger partial charge in [0.05, 0.1) is 13.2 Å². The Balaban J connectivity index is 1.85. The minimum Gasteiger partial charge on any atom is -0.486 e. The number of allylic oxidation sites excluding steroid dienone is 3. The molecular formula is C21H35NO4. The van der Waals surface area contributed by atoms with Gasteiger partial charge in [-0.05, 0) is 56.3 Å². The summed E-state index contributed by atoms with van der Waals surface area (Å²) in [5.41, 5.74) is 6.69. The van der Waals surface area contributed by atoms with Crippen LogP contribution in [0, 0.1) is 5.92 Å². The number of hydrogen-bond donors (Lipinski definition) is 2. The largest absolute Gasteiger partial charge is 0.486 e. The molecule has 1 heterocycles. The van der Waals surface area contributed by atoms with Crippen molar-refractivity contribution in [3.8, 4) is 0 Å². The van der Waals surface area contributed by atoms with E-state index in [9.17, 15) is 5.11 Å². The van der Waals surface area contributed by atoms with Crippen molar-refractivity contribution >= 4 is 0 Å². The Labute approximate surface area is 157 Å². The lowest BCUT2D eigenvalue weighted by molar-refractivity contribution is -0.0533. The number of ether oxygens (including phenoxy) is 3. The molecule has 5 nitrogen and oxygen atoms in total. The number of hydrogen-bond acceptors (Lipinski definition) is 5. The predicted octanol–water partition coefficient (Wildman–Crippen LogP) is 3.44. The predicted molar refractivity (Wildman–Crippen MR) is 103 cm³/mol. The average molecular weight is 366 g/mol. The molecule has 148 valence electrons. The van der Waals surface area contributed by atoms with Crippen LogP contribution in [0.15, 0.2) is 35.8 Å². The Morgan fingerprint density at radius 1 is 1.42 bits per heavy atom. The average Bonchev–Trinajstić information content (AvgIpc) is 3.05. The summed E-state index contributed by atoms with van der Waals surface area (Å²) in [5.74, 6) is 1.73. The van der Waals surface area contributed by atoms with Crippen LogP contribution in [-0.4, -0.2) is 43.2 Å². The van der Waals surface area contributed by atoms with Crippen LogP contribution in [0.25, 0.3) is 0 Å². The number of aliphatic hydroxyl groups excluding tert-OH is 1. The molecule has 0 unspecified atom stereocenters. The third kappa shape index (κ3) is 5.86. The molecule has 2 aliphatic rings.